The lowest BCUT2D eigenvalue weighted by Gasteiger charge is -2.31. The monoisotopic (exact) mass is 499 g/mol. The smallest absolute Gasteiger partial charge is 0.307 e. The van der Waals surface area contributed by atoms with Gasteiger partial charge in [-0.15, -0.1) is 0 Å². The zero-order valence-corrected chi connectivity index (χ0v) is 21.5. The van der Waals surface area contributed by atoms with Gasteiger partial charge in [0, 0.05) is 16.9 Å². The highest BCUT2D eigenvalue weighted by Gasteiger charge is 2.26. The average molecular weight is 500 g/mol. The first kappa shape index (κ1) is 27.6. The Hall–Kier alpha value is -1.44. The van der Waals surface area contributed by atoms with Crippen LogP contribution in [0.15, 0.2) is 28.7 Å². The van der Waals surface area contributed by atoms with Gasteiger partial charge in [0.2, 0.25) is 0 Å². The Labute approximate surface area is 195 Å². The Morgan fingerprint density at radius 3 is 2.13 bits per heavy atom. The standard InChI is InChI=1S/C24H38BrNO5/c1-8-29-22(28)16-19(15-17-9-11-18(25)12-10-17)26-20(30-23(2,3)4)13-14-21(27)31-24(5,6)7/h9-12,19-20,26H,8,13-16H2,1-7H3/t19?,20-/m1/s1. The van der Waals surface area contributed by atoms with Crippen molar-refractivity contribution in [3.05, 3.63) is 34.3 Å². The molecule has 31 heavy (non-hydrogen) atoms. The third-order valence-corrected chi connectivity index (χ3v) is 4.59. The summed E-state index contributed by atoms with van der Waals surface area (Å²) in [6.07, 6.45) is 1.08. The summed E-state index contributed by atoms with van der Waals surface area (Å²) < 4.78 is 17.8. The van der Waals surface area contributed by atoms with E-state index in [4.69, 9.17) is 14.2 Å². The fourth-order valence-corrected chi connectivity index (χ4v) is 3.29. The highest BCUT2D eigenvalue weighted by atomic mass is 79.9. The zero-order valence-electron chi connectivity index (χ0n) is 19.9. The van der Waals surface area contributed by atoms with E-state index in [1.165, 1.54) is 0 Å². The quantitative estimate of drug-likeness (QED) is 0.334. The van der Waals surface area contributed by atoms with E-state index in [-0.39, 0.29) is 30.8 Å². The number of carbonyl (C=O) groups excluding carboxylic acids is 2. The summed E-state index contributed by atoms with van der Waals surface area (Å²) in [4.78, 5) is 24.4. The molecule has 0 aliphatic rings. The second-order valence-corrected chi connectivity index (χ2v) is 10.5. The second-order valence-electron chi connectivity index (χ2n) is 9.55. The van der Waals surface area contributed by atoms with Crippen LogP contribution in [0.4, 0.5) is 0 Å². The topological polar surface area (TPSA) is 73.9 Å². The van der Waals surface area contributed by atoms with E-state index in [1.54, 1.807) is 6.92 Å². The number of hydrogen-bond donors (Lipinski definition) is 1. The SMILES string of the molecule is CCOC(=O)CC(Cc1ccc(Br)cc1)N[C@@H](CCC(=O)OC(C)(C)C)OC(C)(C)C. The molecule has 0 radical (unpaired) electrons. The van der Waals surface area contributed by atoms with E-state index < -0.39 is 17.4 Å². The Kier molecular flexibility index (Phi) is 11.2. The molecular weight excluding hydrogens is 462 g/mol. The molecule has 0 saturated carbocycles. The number of benzene rings is 1. The summed E-state index contributed by atoms with van der Waals surface area (Å²) in [5, 5.41) is 3.44. The summed E-state index contributed by atoms with van der Waals surface area (Å²) in [6, 6.07) is 7.78. The molecule has 0 fully saturated rings. The maximum absolute atomic E-state index is 12.2. The largest absolute Gasteiger partial charge is 0.466 e. The van der Waals surface area contributed by atoms with Crippen LogP contribution >= 0.6 is 15.9 Å². The van der Waals surface area contributed by atoms with E-state index in [0.717, 1.165) is 10.0 Å². The van der Waals surface area contributed by atoms with Gasteiger partial charge in [0.25, 0.3) is 0 Å². The lowest BCUT2D eigenvalue weighted by atomic mass is 10.0. The minimum atomic E-state index is -0.529. The van der Waals surface area contributed by atoms with Crippen molar-refractivity contribution >= 4 is 27.9 Å². The van der Waals surface area contributed by atoms with E-state index in [2.05, 4.69) is 21.2 Å². The van der Waals surface area contributed by atoms with Crippen LogP contribution in [-0.4, -0.2) is 42.0 Å². The Morgan fingerprint density at radius 1 is 1.00 bits per heavy atom. The molecule has 1 rings (SSSR count). The molecule has 0 spiro atoms. The molecule has 1 aromatic rings. The lowest BCUT2D eigenvalue weighted by molar-refractivity contribution is -0.157. The van der Waals surface area contributed by atoms with Gasteiger partial charge in [-0.05, 0) is 79.0 Å². The molecule has 7 heteroatoms. The van der Waals surface area contributed by atoms with Crippen LogP contribution in [0, 0.1) is 0 Å². The molecule has 2 atom stereocenters. The second kappa shape index (κ2) is 12.6. The van der Waals surface area contributed by atoms with Crippen LogP contribution in [0.5, 0.6) is 0 Å². The molecule has 0 amide bonds. The molecule has 1 N–H and O–H groups in total. The van der Waals surface area contributed by atoms with Crippen molar-refractivity contribution in [2.45, 2.75) is 97.6 Å². The van der Waals surface area contributed by atoms with E-state index in [1.807, 2.05) is 65.8 Å². The van der Waals surface area contributed by atoms with Crippen molar-refractivity contribution in [1.29, 1.82) is 0 Å². The number of ether oxygens (including phenoxy) is 3. The molecular formula is C24H38BrNO5. The minimum Gasteiger partial charge on any atom is -0.466 e. The van der Waals surface area contributed by atoms with E-state index in [9.17, 15) is 9.59 Å². The highest BCUT2D eigenvalue weighted by Crippen LogP contribution is 2.18. The normalized spacial score (nSPS) is 14.1. The Balaban J connectivity index is 2.91. The molecule has 6 nitrogen and oxygen atoms in total. The van der Waals surface area contributed by atoms with Gasteiger partial charge >= 0.3 is 11.9 Å². The van der Waals surface area contributed by atoms with Gasteiger partial charge in [-0.3, -0.25) is 14.9 Å². The first-order chi connectivity index (χ1) is 14.3. The summed E-state index contributed by atoms with van der Waals surface area (Å²) in [6.45, 7) is 13.6. The van der Waals surface area contributed by atoms with Crippen LogP contribution in [-0.2, 0) is 30.2 Å². The number of halogens is 1. The maximum atomic E-state index is 12.2. The fraction of sp³-hybridized carbons (Fsp3) is 0.667. The third kappa shape index (κ3) is 13.6. The number of hydrogen-bond acceptors (Lipinski definition) is 6. The maximum Gasteiger partial charge on any atom is 0.307 e. The summed E-state index contributed by atoms with van der Waals surface area (Å²) in [5.74, 6) is -0.537. The minimum absolute atomic E-state index is 0.203. The van der Waals surface area contributed by atoms with Crippen molar-refractivity contribution < 1.29 is 23.8 Å². The summed E-state index contributed by atoms with van der Waals surface area (Å²) in [5.41, 5.74) is 0.142. The van der Waals surface area contributed by atoms with Gasteiger partial charge in [0.15, 0.2) is 0 Å². The van der Waals surface area contributed by atoms with Crippen molar-refractivity contribution in [3.8, 4) is 0 Å². The predicted molar refractivity (Wildman–Crippen MR) is 126 cm³/mol. The molecule has 1 aromatic carbocycles. The van der Waals surface area contributed by atoms with Crippen LogP contribution < -0.4 is 5.32 Å². The van der Waals surface area contributed by atoms with Crippen molar-refractivity contribution in [1.82, 2.24) is 5.32 Å². The lowest BCUT2D eigenvalue weighted by Crippen LogP contribution is -2.46. The molecule has 0 heterocycles. The number of rotatable bonds is 11. The van der Waals surface area contributed by atoms with Crippen molar-refractivity contribution in [2.24, 2.45) is 0 Å². The molecule has 176 valence electrons. The van der Waals surface area contributed by atoms with Crippen LogP contribution in [0.25, 0.3) is 0 Å². The molecule has 0 saturated heterocycles. The first-order valence-electron chi connectivity index (χ1n) is 10.8. The number of carbonyl (C=O) groups is 2. The molecule has 0 bridgehead atoms. The van der Waals surface area contributed by atoms with E-state index in [0.29, 0.717) is 19.4 Å². The van der Waals surface area contributed by atoms with Crippen molar-refractivity contribution in [3.63, 3.8) is 0 Å². The molecule has 1 unspecified atom stereocenters. The van der Waals surface area contributed by atoms with Gasteiger partial charge in [-0.1, -0.05) is 28.1 Å². The average Bonchev–Trinajstić information content (AvgIpc) is 2.59. The van der Waals surface area contributed by atoms with Gasteiger partial charge in [-0.2, -0.15) is 0 Å². The third-order valence-electron chi connectivity index (χ3n) is 4.06. The van der Waals surface area contributed by atoms with E-state index >= 15 is 0 Å². The first-order valence-corrected chi connectivity index (χ1v) is 11.6. The summed E-state index contributed by atoms with van der Waals surface area (Å²) >= 11 is 3.45. The number of esters is 2. The highest BCUT2D eigenvalue weighted by molar-refractivity contribution is 9.10. The Morgan fingerprint density at radius 2 is 1.61 bits per heavy atom. The van der Waals surface area contributed by atoms with Crippen LogP contribution in [0.1, 0.15) is 73.3 Å². The Bertz CT molecular complexity index is 691. The van der Waals surface area contributed by atoms with Gasteiger partial charge < -0.3 is 14.2 Å². The fourth-order valence-electron chi connectivity index (χ4n) is 3.02. The number of nitrogens with one attached hydrogen (secondary N) is 1. The molecule has 0 aromatic heterocycles. The summed E-state index contributed by atoms with van der Waals surface area (Å²) in [7, 11) is 0. The van der Waals surface area contributed by atoms with Gasteiger partial charge in [-0.25, -0.2) is 0 Å². The van der Waals surface area contributed by atoms with Gasteiger partial charge in [0.05, 0.1) is 18.6 Å². The predicted octanol–water partition coefficient (Wildman–Crippen LogP) is 5.17. The van der Waals surface area contributed by atoms with Crippen LogP contribution in [0.3, 0.4) is 0 Å². The van der Waals surface area contributed by atoms with Gasteiger partial charge in [0.1, 0.15) is 11.8 Å². The molecule has 0 aliphatic carbocycles. The van der Waals surface area contributed by atoms with Crippen LogP contribution in [0.2, 0.25) is 0 Å². The molecule has 0 aliphatic heterocycles. The zero-order chi connectivity index (χ0) is 23.7. The van der Waals surface area contributed by atoms with Crippen molar-refractivity contribution in [2.75, 3.05) is 6.61 Å².